The fraction of sp³-hybridized carbons (Fsp3) is 0.222. The summed E-state index contributed by atoms with van der Waals surface area (Å²) < 4.78 is 10.1. The molecule has 0 amide bonds. The van der Waals surface area contributed by atoms with Crippen LogP contribution in [-0.2, 0) is 21.7 Å². The van der Waals surface area contributed by atoms with Crippen molar-refractivity contribution >= 4 is 89.7 Å². The van der Waals surface area contributed by atoms with Gasteiger partial charge in [0, 0.05) is 84.3 Å². The molecule has 2 nitrogen and oxygen atoms in total. The molecular weight excluding hydrogens is 837 g/mol. The highest BCUT2D eigenvalue weighted by atomic mass is 32.1. The van der Waals surface area contributed by atoms with E-state index in [0.717, 1.165) is 11.0 Å². The van der Waals surface area contributed by atoms with Gasteiger partial charge in [-0.1, -0.05) is 116 Å². The molecule has 0 atom stereocenters. The third kappa shape index (κ3) is 4.15. The van der Waals surface area contributed by atoms with Gasteiger partial charge in [0.2, 0.25) is 0 Å². The summed E-state index contributed by atoms with van der Waals surface area (Å²) in [5.41, 5.74) is 20.9. The minimum atomic E-state index is -0.154. The maximum Gasteiger partial charge on any atom is 0.114 e. The Morgan fingerprint density at radius 1 is 0.344 bits per heavy atom. The Bertz CT molecular complexity index is 3420. The third-order valence-electron chi connectivity index (χ3n) is 15.4. The second-order valence-electron chi connectivity index (χ2n) is 19.8. The first-order chi connectivity index (χ1) is 29.3. The maximum atomic E-state index is 5.06. The number of thiophene rings is 4. The fourth-order valence-corrected chi connectivity index (χ4v) is 17.6. The fourth-order valence-electron chi connectivity index (χ4n) is 12.1. The Kier molecular flexibility index (Phi) is 6.60. The van der Waals surface area contributed by atoms with Gasteiger partial charge in [-0.3, -0.25) is 0 Å². The summed E-state index contributed by atoms with van der Waals surface area (Å²) in [4.78, 5) is 8.15. The molecule has 0 bridgehead atoms. The first-order valence-electron chi connectivity index (χ1n) is 21.2. The zero-order chi connectivity index (χ0) is 41.3. The standard InChI is InChI=1S/C54H40N2S5/c1-51(2)31-17-13-29-43-33(15-11-27(41(31)43)47-35(51)19-21-57-47)53(5,6)37-23-39(59-49(29)37)25-9-10-26(46-45(25)55-61-56-46)40-24-38-50(60-40)30-14-18-32-42-28(12-16-34(44(30)42)54(38,7)8)48-36(20-22-58-48)52(32,3)4/h9-24H,1-8H3. The van der Waals surface area contributed by atoms with Crippen LogP contribution in [0.1, 0.15) is 99.9 Å². The van der Waals surface area contributed by atoms with E-state index < -0.39 is 0 Å². The van der Waals surface area contributed by atoms with Gasteiger partial charge in [-0.15, -0.1) is 45.3 Å². The number of fused-ring (bicyclic) bond motifs is 9. The van der Waals surface area contributed by atoms with Crippen molar-refractivity contribution < 1.29 is 0 Å². The van der Waals surface area contributed by atoms with Crippen LogP contribution in [0.2, 0.25) is 0 Å². The quantitative estimate of drug-likeness (QED) is 0.173. The highest BCUT2D eigenvalue weighted by molar-refractivity contribution is 7.20. The molecule has 296 valence electrons. The summed E-state index contributed by atoms with van der Waals surface area (Å²) in [7, 11) is 0. The van der Waals surface area contributed by atoms with Crippen molar-refractivity contribution in [3.05, 3.63) is 140 Å². The lowest BCUT2D eigenvalue weighted by molar-refractivity contribution is 0.640. The molecule has 4 aliphatic carbocycles. The van der Waals surface area contributed by atoms with Gasteiger partial charge >= 0.3 is 0 Å². The van der Waals surface area contributed by atoms with Gasteiger partial charge in [0.1, 0.15) is 11.0 Å². The van der Waals surface area contributed by atoms with E-state index in [1.165, 1.54) is 140 Å². The Hall–Kier alpha value is -4.76. The van der Waals surface area contributed by atoms with E-state index >= 15 is 0 Å². The summed E-state index contributed by atoms with van der Waals surface area (Å²) in [6.45, 7) is 19.3. The Labute approximate surface area is 375 Å². The van der Waals surface area contributed by atoms with Crippen molar-refractivity contribution in [1.82, 2.24) is 8.75 Å². The molecular formula is C54H40N2S5. The van der Waals surface area contributed by atoms with Gasteiger partial charge in [-0.2, -0.15) is 8.75 Å². The number of benzene rings is 5. The van der Waals surface area contributed by atoms with Crippen LogP contribution in [0.3, 0.4) is 0 Å². The average molecular weight is 877 g/mol. The lowest BCUT2D eigenvalue weighted by Crippen LogP contribution is -2.26. The number of hydrogen-bond acceptors (Lipinski definition) is 7. The SMILES string of the molecule is CC1(C)c2ccsc2-c2ccc3c4c(ccc1c24)-c1sc(-c2ccc(-c4cc5c(s4)-c4ccc6c7c(ccc(c47)C5(C)C)-c4sccc4C6(C)C)c4nsnc24)cc1C3(C)C. The normalized spacial score (nSPS) is 17.4. The molecule has 0 fully saturated rings. The smallest absolute Gasteiger partial charge is 0.114 e. The van der Waals surface area contributed by atoms with Gasteiger partial charge in [0.25, 0.3) is 0 Å². The van der Waals surface area contributed by atoms with Crippen molar-refractivity contribution in [1.29, 1.82) is 0 Å². The van der Waals surface area contributed by atoms with Gasteiger partial charge in [0.15, 0.2) is 0 Å². The first-order valence-corrected chi connectivity index (χ1v) is 25.3. The molecule has 5 heterocycles. The molecule has 61 heavy (non-hydrogen) atoms. The topological polar surface area (TPSA) is 25.8 Å². The first kappa shape index (κ1) is 35.8. The predicted molar refractivity (Wildman–Crippen MR) is 265 cm³/mol. The Morgan fingerprint density at radius 3 is 1.05 bits per heavy atom. The summed E-state index contributed by atoms with van der Waals surface area (Å²) in [6.07, 6.45) is 0. The highest BCUT2D eigenvalue weighted by Gasteiger charge is 2.43. The Morgan fingerprint density at radius 2 is 0.672 bits per heavy atom. The van der Waals surface area contributed by atoms with Crippen molar-refractivity contribution in [2.45, 2.75) is 77.0 Å². The molecule has 7 heteroatoms. The number of hydrogen-bond donors (Lipinski definition) is 0. The van der Waals surface area contributed by atoms with Crippen LogP contribution in [0.25, 0.3) is 95.2 Å². The van der Waals surface area contributed by atoms with Crippen LogP contribution in [0, 0.1) is 0 Å². The molecule has 0 spiro atoms. The second kappa shape index (κ2) is 11.2. The predicted octanol–water partition coefficient (Wildman–Crippen LogP) is 16.8. The summed E-state index contributed by atoms with van der Waals surface area (Å²) in [6, 6.07) is 33.7. The minimum Gasteiger partial charge on any atom is -0.172 e. The van der Waals surface area contributed by atoms with E-state index in [2.05, 4.69) is 151 Å². The zero-order valence-electron chi connectivity index (χ0n) is 35.2. The van der Waals surface area contributed by atoms with E-state index in [1.807, 2.05) is 45.3 Å². The third-order valence-corrected chi connectivity index (χ3v) is 20.3. The van der Waals surface area contributed by atoms with Crippen LogP contribution >= 0.6 is 57.1 Å². The van der Waals surface area contributed by atoms with Crippen molar-refractivity contribution in [2.24, 2.45) is 0 Å². The van der Waals surface area contributed by atoms with Crippen LogP contribution in [0.5, 0.6) is 0 Å². The van der Waals surface area contributed by atoms with Crippen LogP contribution < -0.4 is 0 Å². The van der Waals surface area contributed by atoms with Gasteiger partial charge in [0.05, 0.1) is 11.7 Å². The molecule has 14 rings (SSSR count). The minimum absolute atomic E-state index is 0.0453. The van der Waals surface area contributed by atoms with Crippen LogP contribution in [0.15, 0.2) is 95.7 Å². The summed E-state index contributed by atoms with van der Waals surface area (Å²) in [5, 5.41) is 10.3. The average Bonchev–Trinajstić information content (AvgIpc) is 4.09. The summed E-state index contributed by atoms with van der Waals surface area (Å²) >= 11 is 8.97. The monoisotopic (exact) mass is 876 g/mol. The molecule has 0 saturated heterocycles. The van der Waals surface area contributed by atoms with E-state index in [9.17, 15) is 0 Å². The highest BCUT2D eigenvalue weighted by Crippen LogP contribution is 2.61. The molecule has 5 aromatic carbocycles. The molecule has 10 aromatic rings. The molecule has 0 radical (unpaired) electrons. The molecule has 0 unspecified atom stereocenters. The number of aromatic nitrogens is 2. The lowest BCUT2D eigenvalue weighted by Gasteiger charge is -2.38. The molecule has 0 N–H and O–H groups in total. The van der Waals surface area contributed by atoms with Crippen LogP contribution in [-0.4, -0.2) is 8.75 Å². The van der Waals surface area contributed by atoms with Crippen molar-refractivity contribution in [2.75, 3.05) is 0 Å². The molecule has 0 aliphatic heterocycles. The van der Waals surface area contributed by atoms with E-state index in [1.54, 1.807) is 0 Å². The second-order valence-corrected chi connectivity index (χ2v) is 24.3. The van der Waals surface area contributed by atoms with E-state index in [4.69, 9.17) is 8.75 Å². The molecule has 5 aromatic heterocycles. The lowest BCUT2D eigenvalue weighted by atomic mass is 9.65. The largest absolute Gasteiger partial charge is 0.172 e. The van der Waals surface area contributed by atoms with Gasteiger partial charge in [-0.25, -0.2) is 0 Å². The zero-order valence-corrected chi connectivity index (χ0v) is 39.3. The number of nitrogens with zero attached hydrogens (tertiary/aromatic N) is 2. The van der Waals surface area contributed by atoms with E-state index in [0.29, 0.717) is 0 Å². The molecule has 4 aliphatic rings. The molecule has 0 saturated carbocycles. The van der Waals surface area contributed by atoms with Crippen molar-refractivity contribution in [3.63, 3.8) is 0 Å². The Balaban J connectivity index is 0.921. The van der Waals surface area contributed by atoms with Gasteiger partial charge < -0.3 is 0 Å². The van der Waals surface area contributed by atoms with Crippen molar-refractivity contribution in [3.8, 4) is 62.6 Å². The summed E-state index contributed by atoms with van der Waals surface area (Å²) in [5.74, 6) is 0. The maximum absolute atomic E-state index is 5.06. The van der Waals surface area contributed by atoms with Crippen LogP contribution in [0.4, 0.5) is 0 Å². The van der Waals surface area contributed by atoms with E-state index in [-0.39, 0.29) is 21.7 Å². The number of rotatable bonds is 2. The van der Waals surface area contributed by atoms with Gasteiger partial charge in [-0.05, 0) is 101 Å².